The number of urea groups is 1. The Bertz CT molecular complexity index is 977. The number of amides is 3. The molecule has 0 saturated heterocycles. The summed E-state index contributed by atoms with van der Waals surface area (Å²) in [6.07, 6.45) is 0. The summed E-state index contributed by atoms with van der Waals surface area (Å²) in [6.45, 7) is 0.286. The molecule has 0 saturated carbocycles. The highest BCUT2D eigenvalue weighted by Gasteiger charge is 2.13. The fraction of sp³-hybridized carbons (Fsp3) is 0.0556. The summed E-state index contributed by atoms with van der Waals surface area (Å²) < 4.78 is 0. The fourth-order valence-electron chi connectivity index (χ4n) is 2.17. The van der Waals surface area contributed by atoms with E-state index in [0.717, 1.165) is 16.9 Å². The van der Waals surface area contributed by atoms with Crippen LogP contribution in [0.15, 0.2) is 53.9 Å². The predicted octanol–water partition coefficient (Wildman–Crippen LogP) is 5.02. The molecule has 3 amide bonds. The molecule has 9 heteroatoms. The van der Waals surface area contributed by atoms with Gasteiger partial charge < -0.3 is 10.6 Å². The first-order valence-electron chi connectivity index (χ1n) is 7.82. The third kappa shape index (κ3) is 5.43. The molecule has 138 valence electrons. The number of carbonyl (C=O) groups is 2. The van der Waals surface area contributed by atoms with Crippen molar-refractivity contribution in [3.8, 4) is 0 Å². The summed E-state index contributed by atoms with van der Waals surface area (Å²) in [4.78, 5) is 28.3. The number of thiazole rings is 1. The number of carbonyl (C=O) groups excluding carboxylic acids is 2. The summed E-state index contributed by atoms with van der Waals surface area (Å²) >= 11 is 13.1. The van der Waals surface area contributed by atoms with Crippen molar-refractivity contribution in [2.45, 2.75) is 6.54 Å². The monoisotopic (exact) mass is 420 g/mol. The van der Waals surface area contributed by atoms with Gasteiger partial charge >= 0.3 is 6.03 Å². The van der Waals surface area contributed by atoms with Crippen molar-refractivity contribution < 1.29 is 9.59 Å². The molecule has 0 bridgehead atoms. The quantitative estimate of drug-likeness (QED) is 0.541. The molecule has 0 aliphatic heterocycles. The van der Waals surface area contributed by atoms with Gasteiger partial charge in [-0.15, -0.1) is 11.3 Å². The molecule has 3 aromatic rings. The van der Waals surface area contributed by atoms with Crippen molar-refractivity contribution in [1.82, 2.24) is 10.3 Å². The highest BCUT2D eigenvalue weighted by Crippen LogP contribution is 2.18. The molecule has 0 aliphatic rings. The van der Waals surface area contributed by atoms with Gasteiger partial charge in [-0.3, -0.25) is 10.1 Å². The van der Waals surface area contributed by atoms with Gasteiger partial charge in [0.15, 0.2) is 5.13 Å². The highest BCUT2D eigenvalue weighted by molar-refractivity contribution is 7.14. The molecule has 2 aromatic carbocycles. The van der Waals surface area contributed by atoms with Crippen molar-refractivity contribution in [2.24, 2.45) is 0 Å². The maximum Gasteiger partial charge on any atom is 0.325 e. The highest BCUT2D eigenvalue weighted by atomic mass is 35.5. The molecule has 0 spiro atoms. The van der Waals surface area contributed by atoms with E-state index in [1.165, 1.54) is 0 Å². The Morgan fingerprint density at radius 1 is 1.04 bits per heavy atom. The Morgan fingerprint density at radius 3 is 2.63 bits per heavy atom. The lowest BCUT2D eigenvalue weighted by Gasteiger charge is -2.06. The Kier molecular flexibility index (Phi) is 6.28. The Balaban J connectivity index is 1.55. The number of nitrogens with zero attached hydrogens (tertiary/aromatic N) is 1. The first kappa shape index (κ1) is 19.2. The van der Waals surface area contributed by atoms with Crippen LogP contribution in [-0.4, -0.2) is 16.9 Å². The van der Waals surface area contributed by atoms with E-state index in [0.29, 0.717) is 20.9 Å². The van der Waals surface area contributed by atoms with Crippen molar-refractivity contribution >= 4 is 57.3 Å². The van der Waals surface area contributed by atoms with Gasteiger partial charge in [-0.05, 0) is 29.8 Å². The largest absolute Gasteiger partial charge is 0.347 e. The molecule has 27 heavy (non-hydrogen) atoms. The van der Waals surface area contributed by atoms with Crippen LogP contribution in [0.1, 0.15) is 16.1 Å². The van der Waals surface area contributed by atoms with Crippen LogP contribution in [-0.2, 0) is 6.54 Å². The second-order valence-corrected chi connectivity index (χ2v) is 7.10. The number of hydrogen-bond donors (Lipinski definition) is 3. The lowest BCUT2D eigenvalue weighted by Crippen LogP contribution is -2.23. The summed E-state index contributed by atoms with van der Waals surface area (Å²) in [5.41, 5.74) is 1.57. The molecule has 6 nitrogen and oxygen atoms in total. The number of aromatic nitrogens is 1. The average molecular weight is 421 g/mol. The van der Waals surface area contributed by atoms with E-state index >= 15 is 0 Å². The van der Waals surface area contributed by atoms with Gasteiger partial charge in [-0.2, -0.15) is 0 Å². The minimum Gasteiger partial charge on any atom is -0.347 e. The van der Waals surface area contributed by atoms with Crippen LogP contribution >= 0.6 is 34.5 Å². The summed E-state index contributed by atoms with van der Waals surface area (Å²) in [5, 5.41) is 10.9. The van der Waals surface area contributed by atoms with E-state index in [1.54, 1.807) is 35.7 Å². The predicted molar refractivity (Wildman–Crippen MR) is 109 cm³/mol. The van der Waals surface area contributed by atoms with E-state index in [9.17, 15) is 9.59 Å². The van der Waals surface area contributed by atoms with Crippen molar-refractivity contribution in [1.29, 1.82) is 0 Å². The normalized spacial score (nSPS) is 10.3. The molecule has 1 aromatic heterocycles. The molecule has 3 rings (SSSR count). The second kappa shape index (κ2) is 8.85. The molecular formula is C18H14Cl2N4O2S. The van der Waals surface area contributed by atoms with Crippen LogP contribution in [0.25, 0.3) is 0 Å². The summed E-state index contributed by atoms with van der Waals surface area (Å²) in [5.74, 6) is -0.352. The van der Waals surface area contributed by atoms with Crippen molar-refractivity contribution in [2.75, 3.05) is 10.6 Å². The van der Waals surface area contributed by atoms with Crippen molar-refractivity contribution in [3.05, 3.63) is 75.2 Å². The minimum absolute atomic E-state index is 0.213. The molecule has 0 radical (unpaired) electrons. The first-order valence-corrected chi connectivity index (χ1v) is 9.45. The van der Waals surface area contributed by atoms with Gasteiger partial charge in [-0.25, -0.2) is 9.78 Å². The summed E-state index contributed by atoms with van der Waals surface area (Å²) in [7, 11) is 0. The summed E-state index contributed by atoms with van der Waals surface area (Å²) in [6, 6.07) is 13.5. The Morgan fingerprint density at radius 2 is 1.85 bits per heavy atom. The zero-order chi connectivity index (χ0) is 19.2. The first-order chi connectivity index (χ1) is 13.0. The van der Waals surface area contributed by atoms with E-state index < -0.39 is 6.03 Å². The standard InChI is InChI=1S/C18H14Cl2N4O2S/c19-12-5-3-6-13(8-12)22-17(26)24-18-23-15(10-27-18)16(25)21-9-11-4-1-2-7-14(11)20/h1-8,10H,9H2,(H,21,25)(H2,22,23,24,26). The van der Waals surface area contributed by atoms with Gasteiger partial charge in [0.1, 0.15) is 5.69 Å². The molecule has 3 N–H and O–H groups in total. The molecule has 0 aliphatic carbocycles. The van der Waals surface area contributed by atoms with E-state index in [1.807, 2.05) is 18.2 Å². The van der Waals surface area contributed by atoms with Crippen LogP contribution in [0, 0.1) is 0 Å². The van der Waals surface area contributed by atoms with E-state index in [4.69, 9.17) is 23.2 Å². The van der Waals surface area contributed by atoms with E-state index in [2.05, 4.69) is 20.9 Å². The Labute approximate surface area is 169 Å². The van der Waals surface area contributed by atoms with Gasteiger partial charge in [0.05, 0.1) is 0 Å². The SMILES string of the molecule is O=C(Nc1cccc(Cl)c1)Nc1nc(C(=O)NCc2ccccc2Cl)cs1. The van der Waals surface area contributed by atoms with Crippen LogP contribution < -0.4 is 16.0 Å². The number of halogens is 2. The third-order valence-corrected chi connectivity index (χ3v) is 4.80. The van der Waals surface area contributed by atoms with Crippen LogP contribution in [0.3, 0.4) is 0 Å². The molecule has 0 atom stereocenters. The van der Waals surface area contributed by atoms with Crippen LogP contribution in [0.4, 0.5) is 15.6 Å². The molecule has 1 heterocycles. The van der Waals surface area contributed by atoms with Crippen LogP contribution in [0.2, 0.25) is 10.0 Å². The number of nitrogens with one attached hydrogen (secondary N) is 3. The third-order valence-electron chi connectivity index (χ3n) is 3.44. The van der Waals surface area contributed by atoms with Crippen molar-refractivity contribution in [3.63, 3.8) is 0 Å². The van der Waals surface area contributed by atoms with E-state index in [-0.39, 0.29) is 18.1 Å². The average Bonchev–Trinajstić information content (AvgIpc) is 3.09. The smallest absolute Gasteiger partial charge is 0.325 e. The number of benzene rings is 2. The fourth-order valence-corrected chi connectivity index (χ4v) is 3.25. The number of hydrogen-bond acceptors (Lipinski definition) is 4. The lowest BCUT2D eigenvalue weighted by molar-refractivity contribution is 0.0946. The van der Waals surface area contributed by atoms with Gasteiger partial charge in [0.25, 0.3) is 5.91 Å². The maximum atomic E-state index is 12.2. The van der Waals surface area contributed by atoms with Crippen LogP contribution in [0.5, 0.6) is 0 Å². The number of anilines is 2. The zero-order valence-corrected chi connectivity index (χ0v) is 16.2. The lowest BCUT2D eigenvalue weighted by atomic mass is 10.2. The Hall–Kier alpha value is -2.61. The molecular weight excluding hydrogens is 407 g/mol. The topological polar surface area (TPSA) is 83.1 Å². The number of rotatable bonds is 5. The van der Waals surface area contributed by atoms with Gasteiger partial charge in [0, 0.05) is 27.7 Å². The molecule has 0 fully saturated rings. The zero-order valence-electron chi connectivity index (χ0n) is 13.8. The minimum atomic E-state index is -0.477. The van der Waals surface area contributed by atoms with Gasteiger partial charge in [-0.1, -0.05) is 47.5 Å². The molecule has 0 unspecified atom stereocenters. The van der Waals surface area contributed by atoms with Gasteiger partial charge in [0.2, 0.25) is 0 Å². The maximum absolute atomic E-state index is 12.2. The second-order valence-electron chi connectivity index (χ2n) is 5.40.